The van der Waals surface area contributed by atoms with E-state index in [4.69, 9.17) is 5.26 Å². The maximum absolute atomic E-state index is 11.5. The van der Waals surface area contributed by atoms with Gasteiger partial charge in [-0.25, -0.2) is 4.98 Å². The summed E-state index contributed by atoms with van der Waals surface area (Å²) in [6, 6.07) is 1.95. The first-order valence-corrected chi connectivity index (χ1v) is 4.63. The molecule has 0 fully saturated rings. The van der Waals surface area contributed by atoms with Crippen LogP contribution in [0.15, 0.2) is 12.4 Å². The van der Waals surface area contributed by atoms with Crippen molar-refractivity contribution in [2.45, 2.75) is 20.4 Å². The number of carbonyl (C=O) groups is 1. The van der Waals surface area contributed by atoms with Gasteiger partial charge in [-0.15, -0.1) is 0 Å². The van der Waals surface area contributed by atoms with Crippen LogP contribution in [0.3, 0.4) is 0 Å². The van der Waals surface area contributed by atoms with Gasteiger partial charge in [0.15, 0.2) is 0 Å². The average Bonchev–Trinajstić information content (AvgIpc) is 2.60. The van der Waals surface area contributed by atoms with E-state index in [1.165, 1.54) is 0 Å². The van der Waals surface area contributed by atoms with E-state index in [0.29, 0.717) is 6.54 Å². The Balaban J connectivity index is 2.56. The van der Waals surface area contributed by atoms with Gasteiger partial charge in [0.25, 0.3) is 0 Å². The van der Waals surface area contributed by atoms with E-state index in [9.17, 15) is 4.79 Å². The average molecular weight is 206 g/mol. The zero-order chi connectivity index (χ0) is 11.5. The second-order valence-corrected chi connectivity index (χ2v) is 3.87. The van der Waals surface area contributed by atoms with Crippen LogP contribution in [0.1, 0.15) is 19.7 Å². The number of hydrogen-bond acceptors (Lipinski definition) is 3. The van der Waals surface area contributed by atoms with Gasteiger partial charge < -0.3 is 9.88 Å². The summed E-state index contributed by atoms with van der Waals surface area (Å²) in [5.74, 6) is 0.477. The standard InChI is InChI=1S/C10H14N4O/c1-10(2,7-11)9(15)13-6-8-12-4-5-14(8)3/h4-5H,6H2,1-3H3,(H,13,15). The molecule has 0 saturated heterocycles. The fourth-order valence-corrected chi connectivity index (χ4v) is 0.998. The molecule has 0 saturated carbocycles. The molecule has 80 valence electrons. The van der Waals surface area contributed by atoms with Gasteiger partial charge in [-0.2, -0.15) is 5.26 Å². The van der Waals surface area contributed by atoms with Crippen molar-refractivity contribution >= 4 is 5.91 Å². The summed E-state index contributed by atoms with van der Waals surface area (Å²) in [7, 11) is 1.85. The monoisotopic (exact) mass is 206 g/mol. The number of imidazole rings is 1. The highest BCUT2D eigenvalue weighted by Crippen LogP contribution is 2.12. The van der Waals surface area contributed by atoms with Crippen molar-refractivity contribution in [1.29, 1.82) is 5.26 Å². The molecule has 0 radical (unpaired) electrons. The first-order valence-electron chi connectivity index (χ1n) is 4.63. The number of hydrogen-bond donors (Lipinski definition) is 1. The van der Waals surface area contributed by atoms with E-state index in [1.54, 1.807) is 26.2 Å². The molecule has 1 aromatic heterocycles. The van der Waals surface area contributed by atoms with E-state index >= 15 is 0 Å². The van der Waals surface area contributed by atoms with Crippen LogP contribution in [0.2, 0.25) is 0 Å². The summed E-state index contributed by atoms with van der Waals surface area (Å²) in [6.45, 7) is 3.51. The van der Waals surface area contributed by atoms with Crippen molar-refractivity contribution in [3.63, 3.8) is 0 Å². The van der Waals surface area contributed by atoms with Gasteiger partial charge in [-0.05, 0) is 13.8 Å². The van der Waals surface area contributed by atoms with Crippen molar-refractivity contribution in [2.24, 2.45) is 12.5 Å². The molecule has 1 heterocycles. The number of aromatic nitrogens is 2. The highest BCUT2D eigenvalue weighted by Gasteiger charge is 2.26. The van der Waals surface area contributed by atoms with Crippen LogP contribution in [-0.2, 0) is 18.4 Å². The number of carbonyl (C=O) groups excluding carboxylic acids is 1. The van der Waals surface area contributed by atoms with Crippen LogP contribution >= 0.6 is 0 Å². The third-order valence-corrected chi connectivity index (χ3v) is 2.18. The number of nitrogens with one attached hydrogen (secondary N) is 1. The predicted octanol–water partition coefficient (Wildman–Crippen LogP) is 0.586. The summed E-state index contributed by atoms with van der Waals surface area (Å²) in [5.41, 5.74) is -0.995. The van der Waals surface area contributed by atoms with E-state index in [0.717, 1.165) is 5.82 Å². The van der Waals surface area contributed by atoms with Gasteiger partial charge in [0, 0.05) is 19.4 Å². The van der Waals surface area contributed by atoms with E-state index in [2.05, 4.69) is 10.3 Å². The second-order valence-electron chi connectivity index (χ2n) is 3.87. The van der Waals surface area contributed by atoms with Crippen molar-refractivity contribution in [1.82, 2.24) is 14.9 Å². The molecule has 1 amide bonds. The zero-order valence-electron chi connectivity index (χ0n) is 9.11. The van der Waals surface area contributed by atoms with Crippen molar-refractivity contribution < 1.29 is 4.79 Å². The molecule has 5 nitrogen and oxygen atoms in total. The van der Waals surface area contributed by atoms with Crippen molar-refractivity contribution in [3.8, 4) is 6.07 Å². The molecule has 1 N–H and O–H groups in total. The first kappa shape index (κ1) is 11.2. The van der Waals surface area contributed by atoms with Crippen LogP contribution in [-0.4, -0.2) is 15.5 Å². The molecule has 0 bridgehead atoms. The molecule has 1 rings (SSSR count). The largest absolute Gasteiger partial charge is 0.348 e. The highest BCUT2D eigenvalue weighted by atomic mass is 16.2. The van der Waals surface area contributed by atoms with Gasteiger partial charge >= 0.3 is 0 Å². The van der Waals surface area contributed by atoms with Crippen LogP contribution in [0, 0.1) is 16.7 Å². The third-order valence-electron chi connectivity index (χ3n) is 2.18. The van der Waals surface area contributed by atoms with Crippen LogP contribution < -0.4 is 5.32 Å². The summed E-state index contributed by atoms with van der Waals surface area (Å²) < 4.78 is 1.82. The lowest BCUT2D eigenvalue weighted by Gasteiger charge is -2.14. The maximum atomic E-state index is 11.5. The molecule has 0 aliphatic carbocycles. The van der Waals surface area contributed by atoms with Crippen LogP contribution in [0.25, 0.3) is 0 Å². The Bertz CT molecular complexity index is 400. The van der Waals surface area contributed by atoms with Crippen LogP contribution in [0.4, 0.5) is 0 Å². The van der Waals surface area contributed by atoms with Gasteiger partial charge in [-0.1, -0.05) is 0 Å². The smallest absolute Gasteiger partial charge is 0.240 e. The highest BCUT2D eigenvalue weighted by molar-refractivity contribution is 5.84. The van der Waals surface area contributed by atoms with E-state index in [1.807, 2.05) is 17.7 Å². The fourth-order valence-electron chi connectivity index (χ4n) is 0.998. The summed E-state index contributed by atoms with van der Waals surface area (Å²) in [6.07, 6.45) is 3.47. The minimum Gasteiger partial charge on any atom is -0.348 e. The molecule has 0 aliphatic heterocycles. The fraction of sp³-hybridized carbons (Fsp3) is 0.500. The molecule has 0 aliphatic rings. The topological polar surface area (TPSA) is 70.7 Å². The Morgan fingerprint density at radius 1 is 1.73 bits per heavy atom. The lowest BCUT2D eigenvalue weighted by atomic mass is 9.95. The normalized spacial score (nSPS) is 10.8. The van der Waals surface area contributed by atoms with Gasteiger partial charge in [-0.3, -0.25) is 4.79 Å². The number of aryl methyl sites for hydroxylation is 1. The Hall–Kier alpha value is -1.83. The lowest BCUT2D eigenvalue weighted by Crippen LogP contribution is -2.35. The molecular weight excluding hydrogens is 192 g/mol. The Kier molecular flexibility index (Phi) is 3.10. The zero-order valence-corrected chi connectivity index (χ0v) is 9.11. The Morgan fingerprint density at radius 3 is 2.87 bits per heavy atom. The molecule has 0 aromatic carbocycles. The Labute approximate surface area is 88.7 Å². The van der Waals surface area contributed by atoms with E-state index < -0.39 is 5.41 Å². The predicted molar refractivity (Wildman–Crippen MR) is 54.4 cm³/mol. The number of nitrogens with zero attached hydrogens (tertiary/aromatic N) is 3. The van der Waals surface area contributed by atoms with Crippen molar-refractivity contribution in [3.05, 3.63) is 18.2 Å². The second kappa shape index (κ2) is 4.13. The lowest BCUT2D eigenvalue weighted by molar-refractivity contribution is -0.127. The molecule has 15 heavy (non-hydrogen) atoms. The number of amides is 1. The van der Waals surface area contributed by atoms with E-state index in [-0.39, 0.29) is 5.91 Å². The maximum Gasteiger partial charge on any atom is 0.240 e. The minimum absolute atomic E-state index is 0.284. The summed E-state index contributed by atoms with van der Waals surface area (Å²) in [4.78, 5) is 15.6. The molecular formula is C10H14N4O. The summed E-state index contributed by atoms with van der Waals surface area (Å²) in [5, 5.41) is 11.4. The van der Waals surface area contributed by atoms with Gasteiger partial charge in [0.05, 0.1) is 12.6 Å². The third kappa shape index (κ3) is 2.56. The first-order chi connectivity index (χ1) is 6.97. The minimum atomic E-state index is -0.995. The SMILES string of the molecule is Cn1ccnc1CNC(=O)C(C)(C)C#N. The number of nitriles is 1. The molecule has 0 spiro atoms. The quantitative estimate of drug-likeness (QED) is 0.786. The van der Waals surface area contributed by atoms with Crippen molar-refractivity contribution in [2.75, 3.05) is 0 Å². The van der Waals surface area contributed by atoms with Gasteiger partial charge in [0.1, 0.15) is 11.2 Å². The van der Waals surface area contributed by atoms with Crippen LogP contribution in [0.5, 0.6) is 0 Å². The molecule has 1 aromatic rings. The molecule has 5 heteroatoms. The molecule has 0 unspecified atom stereocenters. The molecule has 0 atom stereocenters. The Morgan fingerprint density at radius 2 is 2.40 bits per heavy atom. The summed E-state index contributed by atoms with van der Waals surface area (Å²) >= 11 is 0. The number of rotatable bonds is 3. The van der Waals surface area contributed by atoms with Gasteiger partial charge in [0.2, 0.25) is 5.91 Å².